The summed E-state index contributed by atoms with van der Waals surface area (Å²) in [6.07, 6.45) is 4.26. The number of carbonyl (C=O) groups is 1. The smallest absolute Gasteiger partial charge is 0.317 e. The molecule has 0 radical (unpaired) electrons. The highest BCUT2D eigenvalue weighted by Crippen LogP contribution is 2.32. The monoisotopic (exact) mass is 408 g/mol. The standard InChI is InChI=1S/C24H32N4O2/c1-17-18(2)25-24(26-19(17)3)30-16-23(29)28(21-9-10-21)22-11-13-27(14-12-22)15-20-7-5-4-6-8-20/h4-8,21-22H,9-16H2,1-3H3. The minimum absolute atomic E-state index is 0.0165. The molecule has 0 atom stereocenters. The fourth-order valence-corrected chi connectivity index (χ4v) is 4.26. The second-order valence-electron chi connectivity index (χ2n) is 8.62. The van der Waals surface area contributed by atoms with Gasteiger partial charge < -0.3 is 9.64 Å². The minimum Gasteiger partial charge on any atom is -0.453 e. The van der Waals surface area contributed by atoms with Gasteiger partial charge in [0.25, 0.3) is 5.91 Å². The summed E-state index contributed by atoms with van der Waals surface area (Å²) in [5.41, 5.74) is 4.21. The Kier molecular flexibility index (Phi) is 6.32. The zero-order valence-corrected chi connectivity index (χ0v) is 18.3. The maximum Gasteiger partial charge on any atom is 0.317 e. The molecule has 4 rings (SSSR count). The van der Waals surface area contributed by atoms with Crippen molar-refractivity contribution in [1.82, 2.24) is 19.8 Å². The lowest BCUT2D eigenvalue weighted by Gasteiger charge is -2.38. The molecular formula is C24H32N4O2. The van der Waals surface area contributed by atoms with Gasteiger partial charge in [-0.15, -0.1) is 0 Å². The molecule has 30 heavy (non-hydrogen) atoms. The van der Waals surface area contributed by atoms with E-state index in [1.807, 2.05) is 20.8 Å². The molecule has 1 saturated carbocycles. The number of carbonyl (C=O) groups excluding carboxylic acids is 1. The van der Waals surface area contributed by atoms with Gasteiger partial charge in [0.1, 0.15) is 0 Å². The van der Waals surface area contributed by atoms with Gasteiger partial charge in [-0.3, -0.25) is 9.69 Å². The number of likely N-dealkylation sites (tertiary alicyclic amines) is 1. The summed E-state index contributed by atoms with van der Waals surface area (Å²) >= 11 is 0. The van der Waals surface area contributed by atoms with Crippen molar-refractivity contribution >= 4 is 5.91 Å². The first-order valence-corrected chi connectivity index (χ1v) is 11.0. The van der Waals surface area contributed by atoms with Gasteiger partial charge in [0.2, 0.25) is 0 Å². The molecule has 2 aromatic rings. The quantitative estimate of drug-likeness (QED) is 0.702. The molecule has 2 fully saturated rings. The third-order valence-electron chi connectivity index (χ3n) is 6.36. The van der Waals surface area contributed by atoms with E-state index in [0.717, 1.165) is 62.3 Å². The fourth-order valence-electron chi connectivity index (χ4n) is 4.26. The molecule has 1 amide bonds. The van der Waals surface area contributed by atoms with E-state index in [1.165, 1.54) is 5.56 Å². The van der Waals surface area contributed by atoms with Crippen LogP contribution in [0.15, 0.2) is 30.3 Å². The van der Waals surface area contributed by atoms with Crippen LogP contribution in [-0.4, -0.2) is 57.5 Å². The van der Waals surface area contributed by atoms with Gasteiger partial charge in [-0.2, -0.15) is 0 Å². The fraction of sp³-hybridized carbons (Fsp3) is 0.542. The Balaban J connectivity index is 1.32. The molecule has 0 unspecified atom stereocenters. The number of amides is 1. The Morgan fingerprint density at radius 1 is 1.00 bits per heavy atom. The normalized spacial score (nSPS) is 17.7. The number of ether oxygens (including phenoxy) is 1. The van der Waals surface area contributed by atoms with Crippen LogP contribution in [0.1, 0.15) is 48.2 Å². The predicted octanol–water partition coefficient (Wildman–Crippen LogP) is 3.44. The van der Waals surface area contributed by atoms with Crippen LogP contribution < -0.4 is 4.74 Å². The average Bonchev–Trinajstić information content (AvgIpc) is 3.57. The van der Waals surface area contributed by atoms with Gasteiger partial charge in [0.15, 0.2) is 6.61 Å². The molecule has 2 aliphatic rings. The molecule has 6 nitrogen and oxygen atoms in total. The summed E-state index contributed by atoms with van der Waals surface area (Å²) in [4.78, 5) is 26.4. The highest BCUT2D eigenvalue weighted by molar-refractivity contribution is 5.78. The van der Waals surface area contributed by atoms with E-state index in [9.17, 15) is 4.79 Å². The average molecular weight is 409 g/mol. The molecule has 1 aromatic carbocycles. The van der Waals surface area contributed by atoms with Gasteiger partial charge in [0.05, 0.1) is 0 Å². The third-order valence-corrected chi connectivity index (χ3v) is 6.36. The van der Waals surface area contributed by atoms with E-state index in [1.54, 1.807) is 0 Å². The van der Waals surface area contributed by atoms with E-state index in [0.29, 0.717) is 18.1 Å². The largest absolute Gasteiger partial charge is 0.453 e. The molecule has 0 bridgehead atoms. The molecule has 1 aliphatic heterocycles. The highest BCUT2D eigenvalue weighted by atomic mass is 16.5. The van der Waals surface area contributed by atoms with Gasteiger partial charge in [-0.05, 0) is 57.6 Å². The van der Waals surface area contributed by atoms with Crippen molar-refractivity contribution in [3.63, 3.8) is 0 Å². The first-order chi connectivity index (χ1) is 14.5. The predicted molar refractivity (Wildman–Crippen MR) is 116 cm³/mol. The van der Waals surface area contributed by atoms with E-state index in [-0.39, 0.29) is 12.5 Å². The number of hydrogen-bond donors (Lipinski definition) is 0. The Morgan fingerprint density at radius 3 is 2.20 bits per heavy atom. The Bertz CT molecular complexity index is 851. The molecule has 0 N–H and O–H groups in total. The molecule has 1 aliphatic carbocycles. The lowest BCUT2D eigenvalue weighted by molar-refractivity contribution is -0.137. The Morgan fingerprint density at radius 2 is 1.60 bits per heavy atom. The van der Waals surface area contributed by atoms with Crippen molar-refractivity contribution in [2.45, 2.75) is 65.1 Å². The Hall–Kier alpha value is -2.47. The summed E-state index contributed by atoms with van der Waals surface area (Å²) in [6.45, 7) is 8.93. The summed E-state index contributed by atoms with van der Waals surface area (Å²) < 4.78 is 5.71. The maximum atomic E-state index is 13.0. The second kappa shape index (κ2) is 9.13. The van der Waals surface area contributed by atoms with Crippen LogP contribution in [0, 0.1) is 20.8 Å². The molecule has 1 aromatic heterocycles. The molecule has 0 spiro atoms. The number of benzene rings is 1. The number of aromatic nitrogens is 2. The SMILES string of the molecule is Cc1nc(OCC(=O)N(C2CC2)C2CCN(Cc3ccccc3)CC2)nc(C)c1C. The molecule has 2 heterocycles. The molecule has 6 heteroatoms. The lowest BCUT2D eigenvalue weighted by Crippen LogP contribution is -2.49. The molecular weight excluding hydrogens is 376 g/mol. The number of aryl methyl sites for hydroxylation is 2. The van der Waals surface area contributed by atoms with Crippen molar-refractivity contribution in [3.8, 4) is 6.01 Å². The maximum absolute atomic E-state index is 13.0. The van der Waals surface area contributed by atoms with Gasteiger partial charge >= 0.3 is 6.01 Å². The van der Waals surface area contributed by atoms with E-state index < -0.39 is 0 Å². The van der Waals surface area contributed by atoms with Crippen molar-refractivity contribution < 1.29 is 9.53 Å². The number of hydrogen-bond acceptors (Lipinski definition) is 5. The van der Waals surface area contributed by atoms with Crippen LogP contribution in [0.3, 0.4) is 0 Å². The minimum atomic E-state index is 0.0165. The van der Waals surface area contributed by atoms with Crippen LogP contribution >= 0.6 is 0 Å². The van der Waals surface area contributed by atoms with E-state index in [4.69, 9.17) is 4.74 Å². The molecule has 160 valence electrons. The zero-order valence-electron chi connectivity index (χ0n) is 18.3. The summed E-state index contributed by atoms with van der Waals surface area (Å²) in [7, 11) is 0. The van der Waals surface area contributed by atoms with Gasteiger partial charge in [-0.25, -0.2) is 9.97 Å². The van der Waals surface area contributed by atoms with Crippen molar-refractivity contribution in [1.29, 1.82) is 0 Å². The molecule has 1 saturated heterocycles. The first-order valence-electron chi connectivity index (χ1n) is 11.0. The van der Waals surface area contributed by atoms with Crippen LogP contribution in [0.25, 0.3) is 0 Å². The zero-order chi connectivity index (χ0) is 21.1. The third kappa shape index (κ3) is 4.98. The van der Waals surface area contributed by atoms with Crippen molar-refractivity contribution in [2.24, 2.45) is 0 Å². The van der Waals surface area contributed by atoms with Crippen molar-refractivity contribution in [2.75, 3.05) is 19.7 Å². The van der Waals surface area contributed by atoms with Crippen LogP contribution in [0.5, 0.6) is 6.01 Å². The van der Waals surface area contributed by atoms with Crippen molar-refractivity contribution in [3.05, 3.63) is 52.8 Å². The first kappa shape index (κ1) is 20.8. The number of piperidine rings is 1. The Labute approximate surface area is 179 Å². The lowest BCUT2D eigenvalue weighted by atomic mass is 10.0. The summed E-state index contributed by atoms with van der Waals surface area (Å²) in [5, 5.41) is 0. The van der Waals surface area contributed by atoms with Gasteiger partial charge in [0, 0.05) is 43.1 Å². The van der Waals surface area contributed by atoms with Gasteiger partial charge in [-0.1, -0.05) is 30.3 Å². The number of nitrogens with zero attached hydrogens (tertiary/aromatic N) is 4. The van der Waals surface area contributed by atoms with E-state index in [2.05, 4.69) is 50.1 Å². The van der Waals surface area contributed by atoms with Crippen LogP contribution in [0.4, 0.5) is 0 Å². The van der Waals surface area contributed by atoms with Crippen LogP contribution in [-0.2, 0) is 11.3 Å². The number of rotatable bonds is 7. The highest BCUT2D eigenvalue weighted by Gasteiger charge is 2.38. The van der Waals surface area contributed by atoms with Crippen LogP contribution in [0.2, 0.25) is 0 Å². The topological polar surface area (TPSA) is 58.6 Å². The van der Waals surface area contributed by atoms with E-state index >= 15 is 0 Å². The summed E-state index contributed by atoms with van der Waals surface area (Å²) in [6, 6.07) is 11.6. The summed E-state index contributed by atoms with van der Waals surface area (Å²) in [5.74, 6) is 0.0680. The second-order valence-corrected chi connectivity index (χ2v) is 8.62.